The summed E-state index contributed by atoms with van der Waals surface area (Å²) in [7, 11) is 0. The first kappa shape index (κ1) is 8.70. The molecule has 0 aromatic carbocycles. The normalized spacial score (nSPS) is 12.9. The molecule has 0 unspecified atom stereocenters. The van der Waals surface area contributed by atoms with Gasteiger partial charge in [-0.25, -0.2) is 0 Å². The first-order valence-electron chi connectivity index (χ1n) is 3.46. The Kier molecular flexibility index (Phi) is 3.55. The second-order valence-corrected chi connectivity index (χ2v) is 2.97. The molecule has 0 bridgehead atoms. The van der Waals surface area contributed by atoms with Crippen LogP contribution in [-0.2, 0) is 0 Å². The number of hydrogen-bond donors (Lipinski definition) is 0. The third kappa shape index (κ3) is 7.70. The van der Waals surface area contributed by atoms with Crippen molar-refractivity contribution in [2.75, 3.05) is 0 Å². The van der Waals surface area contributed by atoms with Crippen LogP contribution in [0.5, 0.6) is 0 Å². The van der Waals surface area contributed by atoms with Crippen LogP contribution in [0.2, 0.25) is 0 Å². The van der Waals surface area contributed by atoms with Crippen molar-refractivity contribution in [3.05, 3.63) is 12.2 Å². The molecular formula is C8H16N. The Morgan fingerprint density at radius 1 is 1.33 bits per heavy atom. The molecule has 0 saturated carbocycles. The van der Waals surface area contributed by atoms with Gasteiger partial charge in [0.25, 0.3) is 0 Å². The van der Waals surface area contributed by atoms with E-state index in [-0.39, 0.29) is 5.54 Å². The minimum absolute atomic E-state index is 0.286. The molecule has 1 N–H and O–H groups in total. The molecule has 1 nitrogen and oxygen atoms in total. The highest BCUT2D eigenvalue weighted by Gasteiger charge is 2.07. The van der Waals surface area contributed by atoms with Crippen LogP contribution >= 0.6 is 0 Å². The summed E-state index contributed by atoms with van der Waals surface area (Å²) in [5.41, 5.74) is 7.17. The van der Waals surface area contributed by atoms with Crippen LogP contribution in [-0.4, -0.2) is 5.54 Å². The summed E-state index contributed by atoms with van der Waals surface area (Å²) < 4.78 is 0. The summed E-state index contributed by atoms with van der Waals surface area (Å²) in [6, 6.07) is 0. The molecule has 0 heterocycles. The highest BCUT2D eigenvalue weighted by Crippen LogP contribution is 2.06. The highest BCUT2D eigenvalue weighted by molar-refractivity contribution is 4.88. The van der Waals surface area contributed by atoms with Crippen LogP contribution in [0.3, 0.4) is 0 Å². The van der Waals surface area contributed by atoms with Crippen LogP contribution in [0.1, 0.15) is 33.6 Å². The second-order valence-electron chi connectivity index (χ2n) is 2.97. The summed E-state index contributed by atoms with van der Waals surface area (Å²) in [5.74, 6) is 0. The summed E-state index contributed by atoms with van der Waals surface area (Å²) in [5, 5.41) is 0. The van der Waals surface area contributed by atoms with Gasteiger partial charge in [-0.1, -0.05) is 19.1 Å². The lowest BCUT2D eigenvalue weighted by atomic mass is 10.0. The minimum Gasteiger partial charge on any atom is -0.251 e. The molecule has 53 valence electrons. The number of allylic oxidation sites excluding steroid dienone is 1. The average Bonchev–Trinajstić information content (AvgIpc) is 1.63. The molecule has 1 radical (unpaired) electrons. The molecule has 0 atom stereocenters. The minimum atomic E-state index is -0.286. The third-order valence-corrected chi connectivity index (χ3v) is 1.03. The van der Waals surface area contributed by atoms with Gasteiger partial charge in [0.05, 0.1) is 0 Å². The Morgan fingerprint density at radius 2 is 1.89 bits per heavy atom. The molecule has 0 aliphatic heterocycles. The van der Waals surface area contributed by atoms with Crippen molar-refractivity contribution in [1.82, 2.24) is 5.73 Å². The van der Waals surface area contributed by atoms with Crippen molar-refractivity contribution >= 4 is 0 Å². The van der Waals surface area contributed by atoms with Crippen molar-refractivity contribution < 1.29 is 0 Å². The van der Waals surface area contributed by atoms with E-state index in [1.165, 1.54) is 0 Å². The van der Waals surface area contributed by atoms with Gasteiger partial charge in [0.15, 0.2) is 0 Å². The lowest BCUT2D eigenvalue weighted by molar-refractivity contribution is 0.507. The van der Waals surface area contributed by atoms with Gasteiger partial charge in [-0.15, -0.1) is 0 Å². The highest BCUT2D eigenvalue weighted by atomic mass is 14.7. The van der Waals surface area contributed by atoms with Crippen molar-refractivity contribution in [1.29, 1.82) is 0 Å². The van der Waals surface area contributed by atoms with E-state index in [9.17, 15) is 0 Å². The molecule has 0 aromatic rings. The van der Waals surface area contributed by atoms with E-state index in [4.69, 9.17) is 5.73 Å². The molecule has 0 aromatic heterocycles. The van der Waals surface area contributed by atoms with E-state index in [1.54, 1.807) is 0 Å². The van der Waals surface area contributed by atoms with Gasteiger partial charge in [0.1, 0.15) is 0 Å². The fraction of sp³-hybridized carbons (Fsp3) is 0.750. The van der Waals surface area contributed by atoms with E-state index >= 15 is 0 Å². The van der Waals surface area contributed by atoms with Gasteiger partial charge in [-0.3, -0.25) is 5.73 Å². The van der Waals surface area contributed by atoms with Gasteiger partial charge in [0.2, 0.25) is 0 Å². The zero-order valence-electron chi connectivity index (χ0n) is 6.57. The predicted molar refractivity (Wildman–Crippen MR) is 41.2 cm³/mol. The molecule has 0 aliphatic carbocycles. The number of rotatable bonds is 3. The molecule has 0 rings (SSSR count). The van der Waals surface area contributed by atoms with Crippen LogP contribution in [0, 0.1) is 0 Å². The monoisotopic (exact) mass is 126 g/mol. The zero-order chi connectivity index (χ0) is 7.33. The SMILES string of the molecule is CCC=CCC(C)(C)[NH]. The quantitative estimate of drug-likeness (QED) is 0.518. The first-order chi connectivity index (χ1) is 4.06. The van der Waals surface area contributed by atoms with Crippen molar-refractivity contribution in [2.24, 2.45) is 0 Å². The van der Waals surface area contributed by atoms with Gasteiger partial charge in [0, 0.05) is 5.54 Å². The fourth-order valence-corrected chi connectivity index (χ4v) is 0.545. The molecule has 0 fully saturated rings. The summed E-state index contributed by atoms with van der Waals surface area (Å²) in [4.78, 5) is 0. The number of hydrogen-bond acceptors (Lipinski definition) is 0. The molecule has 0 saturated heterocycles. The van der Waals surface area contributed by atoms with E-state index in [0.29, 0.717) is 0 Å². The summed E-state index contributed by atoms with van der Waals surface area (Å²) in [6.45, 7) is 5.95. The first-order valence-corrected chi connectivity index (χ1v) is 3.46. The van der Waals surface area contributed by atoms with Crippen LogP contribution in [0.15, 0.2) is 12.2 Å². The Morgan fingerprint density at radius 3 is 2.22 bits per heavy atom. The maximum Gasteiger partial charge on any atom is 0.0302 e. The Hall–Kier alpha value is -0.300. The van der Waals surface area contributed by atoms with E-state index < -0.39 is 0 Å². The van der Waals surface area contributed by atoms with Crippen LogP contribution in [0.25, 0.3) is 0 Å². The van der Waals surface area contributed by atoms with Crippen molar-refractivity contribution in [2.45, 2.75) is 39.2 Å². The smallest absolute Gasteiger partial charge is 0.0302 e. The van der Waals surface area contributed by atoms with Crippen LogP contribution < -0.4 is 5.73 Å². The maximum atomic E-state index is 7.46. The standard InChI is InChI=1S/C8H16N/c1-4-5-6-7-8(2,3)9/h5-6,9H,4,7H2,1-3H3. The fourth-order valence-electron chi connectivity index (χ4n) is 0.545. The summed E-state index contributed by atoms with van der Waals surface area (Å²) in [6.07, 6.45) is 6.13. The van der Waals surface area contributed by atoms with Gasteiger partial charge in [-0.2, -0.15) is 0 Å². The molecule has 0 spiro atoms. The zero-order valence-corrected chi connectivity index (χ0v) is 6.57. The predicted octanol–water partition coefficient (Wildman–Crippen LogP) is 2.40. The molecule has 9 heavy (non-hydrogen) atoms. The Labute approximate surface area is 57.9 Å². The van der Waals surface area contributed by atoms with Gasteiger partial charge >= 0.3 is 0 Å². The van der Waals surface area contributed by atoms with E-state index in [0.717, 1.165) is 12.8 Å². The third-order valence-electron chi connectivity index (χ3n) is 1.03. The Balaban J connectivity index is 3.38. The van der Waals surface area contributed by atoms with Gasteiger partial charge < -0.3 is 0 Å². The largest absolute Gasteiger partial charge is 0.251 e. The number of nitrogens with one attached hydrogen (secondary N) is 1. The summed E-state index contributed by atoms with van der Waals surface area (Å²) >= 11 is 0. The van der Waals surface area contributed by atoms with Crippen molar-refractivity contribution in [3.63, 3.8) is 0 Å². The van der Waals surface area contributed by atoms with E-state index in [2.05, 4.69) is 19.1 Å². The lowest BCUT2D eigenvalue weighted by Gasteiger charge is -2.12. The van der Waals surface area contributed by atoms with E-state index in [1.807, 2.05) is 13.8 Å². The topological polar surface area (TPSA) is 23.8 Å². The van der Waals surface area contributed by atoms with Crippen molar-refractivity contribution in [3.8, 4) is 0 Å². The molecule has 0 aliphatic rings. The van der Waals surface area contributed by atoms with Crippen LogP contribution in [0.4, 0.5) is 0 Å². The molecule has 0 amide bonds. The van der Waals surface area contributed by atoms with Gasteiger partial charge in [-0.05, 0) is 26.7 Å². The average molecular weight is 126 g/mol. The Bertz CT molecular complexity index is 87.2. The maximum absolute atomic E-state index is 7.46. The molecular weight excluding hydrogens is 110 g/mol. The molecule has 1 heteroatoms. The second kappa shape index (κ2) is 3.67. The lowest BCUT2D eigenvalue weighted by Crippen LogP contribution is -2.19.